The molecular formula is C18H28N6O4. The van der Waals surface area contributed by atoms with Gasteiger partial charge in [-0.15, -0.1) is 0 Å². The molecule has 1 saturated heterocycles. The van der Waals surface area contributed by atoms with Crippen molar-refractivity contribution in [3.8, 4) is 0 Å². The number of nitrogens with two attached hydrogens (primary N) is 1. The van der Waals surface area contributed by atoms with Crippen LogP contribution in [0.3, 0.4) is 0 Å². The zero-order valence-corrected chi connectivity index (χ0v) is 16.2. The average Bonchev–Trinajstić information content (AvgIpc) is 3.17. The minimum atomic E-state index is -0.944. The number of aromatic amines is 1. The van der Waals surface area contributed by atoms with Gasteiger partial charge in [-0.1, -0.05) is 26.2 Å². The summed E-state index contributed by atoms with van der Waals surface area (Å²) in [6, 6.07) is 0. The van der Waals surface area contributed by atoms with Crippen LogP contribution in [-0.4, -0.2) is 49.3 Å². The molecule has 0 unspecified atom stereocenters. The number of rotatable bonds is 8. The van der Waals surface area contributed by atoms with Gasteiger partial charge in [-0.3, -0.25) is 19.1 Å². The van der Waals surface area contributed by atoms with Crippen LogP contribution in [0, 0.1) is 5.92 Å². The fourth-order valence-electron chi connectivity index (χ4n) is 3.60. The Balaban J connectivity index is 1.67. The number of amides is 1. The fourth-order valence-corrected chi connectivity index (χ4v) is 3.60. The van der Waals surface area contributed by atoms with Crippen LogP contribution < -0.4 is 16.6 Å². The van der Waals surface area contributed by atoms with E-state index in [9.17, 15) is 14.7 Å². The van der Waals surface area contributed by atoms with Gasteiger partial charge in [-0.2, -0.15) is 4.98 Å². The molecule has 1 fully saturated rings. The van der Waals surface area contributed by atoms with Crippen LogP contribution in [-0.2, 0) is 9.53 Å². The molecule has 0 spiro atoms. The molecule has 10 nitrogen and oxygen atoms in total. The lowest BCUT2D eigenvalue weighted by molar-refractivity contribution is -0.123. The molecule has 0 aliphatic carbocycles. The SMILES string of the molecule is CCCCCCNC(=O)C[C@H]1[C@@H](O)[C@H](n2cnc3c(=O)[nH]c(N)nc32)O[C@@H]1C. The molecular weight excluding hydrogens is 364 g/mol. The van der Waals surface area contributed by atoms with E-state index in [0.717, 1.165) is 25.7 Å². The van der Waals surface area contributed by atoms with Gasteiger partial charge >= 0.3 is 0 Å². The standard InChI is InChI=1S/C18H28N6O4/c1-3-4-5-6-7-20-12(25)8-11-10(2)28-17(14(11)26)24-9-21-13-15(24)22-18(19)23-16(13)27/h9-11,14,17,26H,3-8H2,1-2H3,(H,20,25)(H3,19,22,23,27)/t10-,11-,14-,17-/m1/s1. The highest BCUT2D eigenvalue weighted by Gasteiger charge is 2.43. The molecule has 154 valence electrons. The van der Waals surface area contributed by atoms with Gasteiger partial charge in [-0.25, -0.2) is 4.98 Å². The predicted molar refractivity (Wildman–Crippen MR) is 103 cm³/mol. The number of ether oxygens (including phenoxy) is 1. The molecule has 0 radical (unpaired) electrons. The summed E-state index contributed by atoms with van der Waals surface area (Å²) < 4.78 is 7.37. The van der Waals surface area contributed by atoms with E-state index in [1.807, 2.05) is 6.92 Å². The number of unbranched alkanes of at least 4 members (excludes halogenated alkanes) is 3. The van der Waals surface area contributed by atoms with Crippen LogP contribution in [0.2, 0.25) is 0 Å². The quantitative estimate of drug-likeness (QED) is 0.483. The zero-order chi connectivity index (χ0) is 20.3. The minimum absolute atomic E-state index is 0.0428. The van der Waals surface area contributed by atoms with Crippen LogP contribution in [0.4, 0.5) is 5.95 Å². The van der Waals surface area contributed by atoms with E-state index in [1.54, 1.807) is 0 Å². The number of hydrogen-bond acceptors (Lipinski definition) is 7. The second kappa shape index (κ2) is 8.70. The van der Waals surface area contributed by atoms with E-state index >= 15 is 0 Å². The number of nitrogens with zero attached hydrogens (tertiary/aromatic N) is 3. The normalized spacial score (nSPS) is 24.7. The van der Waals surface area contributed by atoms with Crippen LogP contribution in [0.5, 0.6) is 0 Å². The number of nitrogens with one attached hydrogen (secondary N) is 2. The zero-order valence-electron chi connectivity index (χ0n) is 16.2. The molecule has 1 aliphatic rings. The first-order valence-corrected chi connectivity index (χ1v) is 9.75. The van der Waals surface area contributed by atoms with Crippen molar-refractivity contribution >= 4 is 23.0 Å². The molecule has 4 atom stereocenters. The van der Waals surface area contributed by atoms with E-state index in [-0.39, 0.29) is 41.5 Å². The summed E-state index contributed by atoms with van der Waals surface area (Å²) in [5.41, 5.74) is 5.51. The van der Waals surface area contributed by atoms with Crippen LogP contribution in [0.25, 0.3) is 11.2 Å². The number of aliphatic hydroxyl groups is 1. The summed E-state index contributed by atoms with van der Waals surface area (Å²) >= 11 is 0. The Bertz CT molecular complexity index is 879. The fraction of sp³-hybridized carbons (Fsp3) is 0.667. The molecule has 0 aromatic carbocycles. The molecule has 1 aliphatic heterocycles. The molecule has 2 aromatic heterocycles. The van der Waals surface area contributed by atoms with Crippen molar-refractivity contribution in [2.75, 3.05) is 12.3 Å². The largest absolute Gasteiger partial charge is 0.388 e. The van der Waals surface area contributed by atoms with Gasteiger partial charge in [0.25, 0.3) is 5.56 Å². The minimum Gasteiger partial charge on any atom is -0.388 e. The number of nitrogen functional groups attached to an aromatic ring is 1. The van der Waals surface area contributed by atoms with Gasteiger partial charge in [0.05, 0.1) is 12.4 Å². The van der Waals surface area contributed by atoms with Crippen molar-refractivity contribution in [2.45, 2.75) is 64.4 Å². The summed E-state index contributed by atoms with van der Waals surface area (Å²) in [6.45, 7) is 4.59. The smallest absolute Gasteiger partial charge is 0.280 e. The number of carbonyl (C=O) groups is 1. The Morgan fingerprint density at radius 1 is 1.43 bits per heavy atom. The predicted octanol–water partition coefficient (Wildman–Crippen LogP) is 0.683. The molecule has 3 rings (SSSR count). The van der Waals surface area contributed by atoms with Gasteiger partial charge in [-0.05, 0) is 13.3 Å². The molecule has 5 N–H and O–H groups in total. The van der Waals surface area contributed by atoms with Gasteiger partial charge in [0.1, 0.15) is 6.10 Å². The number of carbonyl (C=O) groups excluding carboxylic acids is 1. The van der Waals surface area contributed by atoms with Crippen molar-refractivity contribution in [1.29, 1.82) is 0 Å². The van der Waals surface area contributed by atoms with Crippen LogP contribution >= 0.6 is 0 Å². The summed E-state index contributed by atoms with van der Waals surface area (Å²) in [7, 11) is 0. The maximum absolute atomic E-state index is 12.2. The van der Waals surface area contributed by atoms with E-state index in [0.29, 0.717) is 6.54 Å². The Kier molecular flexibility index (Phi) is 6.30. The van der Waals surface area contributed by atoms with Crippen molar-refractivity contribution < 1.29 is 14.6 Å². The maximum Gasteiger partial charge on any atom is 0.280 e. The number of fused-ring (bicyclic) bond motifs is 1. The summed E-state index contributed by atoms with van der Waals surface area (Å²) in [6.07, 6.45) is 3.81. The third kappa shape index (κ3) is 4.17. The Morgan fingerprint density at radius 3 is 2.96 bits per heavy atom. The summed E-state index contributed by atoms with van der Waals surface area (Å²) in [4.78, 5) is 34.7. The van der Waals surface area contributed by atoms with E-state index < -0.39 is 17.9 Å². The molecule has 10 heteroatoms. The van der Waals surface area contributed by atoms with Gasteiger partial charge in [0.15, 0.2) is 17.4 Å². The Morgan fingerprint density at radius 2 is 2.21 bits per heavy atom. The maximum atomic E-state index is 12.2. The second-order valence-electron chi connectivity index (χ2n) is 7.28. The Hall–Kier alpha value is -2.46. The lowest BCUT2D eigenvalue weighted by Crippen LogP contribution is -2.33. The number of anilines is 1. The first-order chi connectivity index (χ1) is 13.4. The Labute approximate surface area is 162 Å². The third-order valence-corrected chi connectivity index (χ3v) is 5.19. The highest BCUT2D eigenvalue weighted by Crippen LogP contribution is 2.36. The van der Waals surface area contributed by atoms with E-state index in [4.69, 9.17) is 10.5 Å². The number of aromatic nitrogens is 4. The molecule has 1 amide bonds. The highest BCUT2D eigenvalue weighted by atomic mass is 16.5. The number of imidazole rings is 1. The van der Waals surface area contributed by atoms with Crippen molar-refractivity contribution in [2.24, 2.45) is 5.92 Å². The molecule has 0 bridgehead atoms. The third-order valence-electron chi connectivity index (χ3n) is 5.19. The summed E-state index contributed by atoms with van der Waals surface area (Å²) in [5.74, 6) is -0.526. The summed E-state index contributed by atoms with van der Waals surface area (Å²) in [5, 5.41) is 13.7. The van der Waals surface area contributed by atoms with E-state index in [1.165, 1.54) is 10.9 Å². The molecule has 0 saturated carbocycles. The lowest BCUT2D eigenvalue weighted by atomic mass is 9.94. The van der Waals surface area contributed by atoms with Gasteiger partial charge in [0, 0.05) is 18.9 Å². The molecule has 2 aromatic rings. The number of aliphatic hydroxyl groups excluding tert-OH is 1. The van der Waals surface area contributed by atoms with Crippen molar-refractivity contribution in [1.82, 2.24) is 24.8 Å². The highest BCUT2D eigenvalue weighted by molar-refractivity contribution is 5.76. The van der Waals surface area contributed by atoms with Crippen LogP contribution in [0.15, 0.2) is 11.1 Å². The van der Waals surface area contributed by atoms with Crippen molar-refractivity contribution in [3.05, 3.63) is 16.7 Å². The topological polar surface area (TPSA) is 148 Å². The first kappa shape index (κ1) is 20.3. The number of hydrogen-bond donors (Lipinski definition) is 4. The van der Waals surface area contributed by atoms with E-state index in [2.05, 4.69) is 27.2 Å². The van der Waals surface area contributed by atoms with Crippen LogP contribution in [0.1, 0.15) is 52.2 Å². The molecule has 3 heterocycles. The molecule has 28 heavy (non-hydrogen) atoms. The van der Waals surface area contributed by atoms with Gasteiger partial charge < -0.3 is 20.9 Å². The second-order valence-corrected chi connectivity index (χ2v) is 7.28. The van der Waals surface area contributed by atoms with Gasteiger partial charge in [0.2, 0.25) is 11.9 Å². The monoisotopic (exact) mass is 392 g/mol. The first-order valence-electron chi connectivity index (χ1n) is 9.75. The van der Waals surface area contributed by atoms with Crippen molar-refractivity contribution in [3.63, 3.8) is 0 Å². The number of H-pyrrole nitrogens is 1. The lowest BCUT2D eigenvalue weighted by Gasteiger charge is -2.19. The average molecular weight is 392 g/mol.